The van der Waals surface area contributed by atoms with E-state index in [9.17, 15) is 9.59 Å². The first-order valence-corrected chi connectivity index (χ1v) is 3.18. The third kappa shape index (κ3) is 7.63. The maximum atomic E-state index is 10.6. The van der Waals surface area contributed by atoms with Crippen molar-refractivity contribution in [2.75, 3.05) is 0 Å². The Kier molecular flexibility index (Phi) is 8.31. The van der Waals surface area contributed by atoms with Crippen LogP contribution in [0.1, 0.15) is 33.1 Å². The zero-order valence-electron chi connectivity index (χ0n) is 6.35. The molecule has 0 saturated heterocycles. The summed E-state index contributed by atoms with van der Waals surface area (Å²) in [7, 11) is 0. The van der Waals surface area contributed by atoms with Crippen LogP contribution in [0.5, 0.6) is 0 Å². The minimum atomic E-state index is 0. The molecule has 0 amide bonds. The van der Waals surface area contributed by atoms with E-state index in [2.05, 4.69) is 0 Å². The second-order valence-electron chi connectivity index (χ2n) is 2.09. The predicted molar refractivity (Wildman–Crippen MR) is 42.5 cm³/mol. The van der Waals surface area contributed by atoms with Gasteiger partial charge in [0.25, 0.3) is 0 Å². The topological polar surface area (TPSA) is 34.1 Å². The van der Waals surface area contributed by atoms with Crippen LogP contribution in [0, 0.1) is 0 Å². The van der Waals surface area contributed by atoms with Gasteiger partial charge in [0.05, 0.1) is 0 Å². The number of carbonyl (C=O) groups excluding carboxylic acids is 2. The molecular weight excluding hydrogens is 152 g/mol. The number of hydrogen-bond donors (Lipinski definition) is 0. The Balaban J connectivity index is 0. The summed E-state index contributed by atoms with van der Waals surface area (Å²) >= 11 is 0. The van der Waals surface area contributed by atoms with Crippen LogP contribution in [0.15, 0.2) is 0 Å². The second-order valence-corrected chi connectivity index (χ2v) is 2.09. The molecule has 3 heteroatoms. The van der Waals surface area contributed by atoms with Crippen LogP contribution in [0.2, 0.25) is 0 Å². The molecule has 0 radical (unpaired) electrons. The van der Waals surface area contributed by atoms with Gasteiger partial charge in [-0.1, -0.05) is 6.92 Å². The van der Waals surface area contributed by atoms with E-state index in [-0.39, 0.29) is 24.0 Å². The fourth-order valence-electron chi connectivity index (χ4n) is 0.492. The average Bonchev–Trinajstić information content (AvgIpc) is 1.83. The highest BCUT2D eigenvalue weighted by atomic mass is 35.5. The van der Waals surface area contributed by atoms with Crippen LogP contribution < -0.4 is 0 Å². The lowest BCUT2D eigenvalue weighted by Gasteiger charge is -1.91. The van der Waals surface area contributed by atoms with Crippen LogP contribution in [0.25, 0.3) is 0 Å². The van der Waals surface area contributed by atoms with Crippen molar-refractivity contribution >= 4 is 24.0 Å². The van der Waals surface area contributed by atoms with Gasteiger partial charge in [-0.3, -0.25) is 4.79 Å². The summed E-state index contributed by atoms with van der Waals surface area (Å²) in [6.07, 6.45) is 1.38. The molecule has 0 N–H and O–H groups in total. The number of rotatable bonds is 4. The van der Waals surface area contributed by atoms with Crippen LogP contribution in [-0.4, -0.2) is 11.6 Å². The van der Waals surface area contributed by atoms with E-state index >= 15 is 0 Å². The number of Topliss-reactive ketones (excluding diaryl/α,β-unsaturated/α-hetero) is 2. The van der Waals surface area contributed by atoms with Crippen LogP contribution in [0.4, 0.5) is 0 Å². The van der Waals surface area contributed by atoms with Gasteiger partial charge in [-0.25, -0.2) is 0 Å². The molecule has 0 rings (SSSR count). The van der Waals surface area contributed by atoms with Gasteiger partial charge in [0, 0.05) is 19.3 Å². The molecule has 0 aliphatic heterocycles. The van der Waals surface area contributed by atoms with E-state index in [1.807, 2.05) is 6.92 Å². The SMILES string of the molecule is CCC(=O)CCC(C)=O.Cl. The first-order valence-electron chi connectivity index (χ1n) is 3.18. The molecule has 0 heterocycles. The van der Waals surface area contributed by atoms with Crippen molar-refractivity contribution < 1.29 is 9.59 Å². The largest absolute Gasteiger partial charge is 0.300 e. The fraction of sp³-hybridized carbons (Fsp3) is 0.714. The number of ketones is 2. The lowest BCUT2D eigenvalue weighted by Crippen LogP contribution is -1.98. The number of carbonyl (C=O) groups is 2. The second kappa shape index (κ2) is 6.75. The minimum absolute atomic E-state index is 0. The Morgan fingerprint density at radius 1 is 1.20 bits per heavy atom. The van der Waals surface area contributed by atoms with Gasteiger partial charge in [0.15, 0.2) is 0 Å². The Hall–Kier alpha value is -0.370. The van der Waals surface area contributed by atoms with E-state index in [4.69, 9.17) is 0 Å². The normalized spacial score (nSPS) is 8.20. The Morgan fingerprint density at radius 3 is 2.00 bits per heavy atom. The van der Waals surface area contributed by atoms with Crippen LogP contribution in [-0.2, 0) is 9.59 Å². The Morgan fingerprint density at radius 2 is 1.70 bits per heavy atom. The molecule has 0 spiro atoms. The Labute approximate surface area is 67.4 Å². The number of hydrogen-bond acceptors (Lipinski definition) is 2. The van der Waals surface area contributed by atoms with Gasteiger partial charge < -0.3 is 4.79 Å². The summed E-state index contributed by atoms with van der Waals surface area (Å²) in [6, 6.07) is 0. The summed E-state index contributed by atoms with van der Waals surface area (Å²) in [5, 5.41) is 0. The molecule has 0 fully saturated rings. The van der Waals surface area contributed by atoms with Crippen molar-refractivity contribution in [1.29, 1.82) is 0 Å². The van der Waals surface area contributed by atoms with E-state index in [1.54, 1.807) is 0 Å². The van der Waals surface area contributed by atoms with Crippen molar-refractivity contribution in [3.8, 4) is 0 Å². The molecule has 0 unspecified atom stereocenters. The quantitative estimate of drug-likeness (QED) is 0.635. The van der Waals surface area contributed by atoms with Crippen molar-refractivity contribution in [3.05, 3.63) is 0 Å². The molecule has 2 nitrogen and oxygen atoms in total. The van der Waals surface area contributed by atoms with Gasteiger partial charge in [-0.2, -0.15) is 0 Å². The molecule has 0 aromatic heterocycles. The van der Waals surface area contributed by atoms with Gasteiger partial charge in [-0.15, -0.1) is 12.4 Å². The van der Waals surface area contributed by atoms with Gasteiger partial charge in [-0.05, 0) is 6.92 Å². The van der Waals surface area contributed by atoms with Gasteiger partial charge in [0.1, 0.15) is 11.6 Å². The van der Waals surface area contributed by atoms with Crippen molar-refractivity contribution in [1.82, 2.24) is 0 Å². The smallest absolute Gasteiger partial charge is 0.133 e. The first-order chi connectivity index (χ1) is 4.16. The standard InChI is InChI=1S/C7H12O2.ClH/c1-3-7(9)5-4-6(2)8;/h3-5H2,1-2H3;1H. The molecular formula is C7H13ClO2. The summed E-state index contributed by atoms with van der Waals surface area (Å²) in [4.78, 5) is 20.9. The maximum Gasteiger partial charge on any atom is 0.133 e. The third-order valence-corrected chi connectivity index (χ3v) is 1.15. The molecule has 60 valence electrons. The molecule has 0 aromatic rings. The zero-order chi connectivity index (χ0) is 7.28. The lowest BCUT2D eigenvalue weighted by molar-refractivity contribution is -0.123. The van der Waals surface area contributed by atoms with E-state index in [0.29, 0.717) is 19.3 Å². The third-order valence-electron chi connectivity index (χ3n) is 1.15. The molecule has 0 aromatic carbocycles. The highest BCUT2D eigenvalue weighted by Gasteiger charge is 1.99. The zero-order valence-corrected chi connectivity index (χ0v) is 7.16. The molecule has 0 aliphatic rings. The minimum Gasteiger partial charge on any atom is -0.300 e. The van der Waals surface area contributed by atoms with Gasteiger partial charge in [0.2, 0.25) is 0 Å². The van der Waals surface area contributed by atoms with E-state index in [0.717, 1.165) is 0 Å². The van der Waals surface area contributed by atoms with E-state index in [1.165, 1.54) is 6.92 Å². The summed E-state index contributed by atoms with van der Waals surface area (Å²) in [5.41, 5.74) is 0. The highest BCUT2D eigenvalue weighted by Crippen LogP contribution is 1.94. The van der Waals surface area contributed by atoms with Crippen molar-refractivity contribution in [3.63, 3.8) is 0 Å². The number of halogens is 1. The van der Waals surface area contributed by atoms with Crippen molar-refractivity contribution in [2.24, 2.45) is 0 Å². The molecule has 10 heavy (non-hydrogen) atoms. The molecule has 0 atom stereocenters. The summed E-state index contributed by atoms with van der Waals surface area (Å²) < 4.78 is 0. The van der Waals surface area contributed by atoms with Gasteiger partial charge >= 0.3 is 0 Å². The molecule has 0 saturated carbocycles. The molecule has 0 aliphatic carbocycles. The average molecular weight is 165 g/mol. The fourth-order valence-corrected chi connectivity index (χ4v) is 0.492. The monoisotopic (exact) mass is 164 g/mol. The van der Waals surface area contributed by atoms with Crippen LogP contribution in [0.3, 0.4) is 0 Å². The van der Waals surface area contributed by atoms with E-state index < -0.39 is 0 Å². The van der Waals surface area contributed by atoms with Crippen LogP contribution >= 0.6 is 12.4 Å². The van der Waals surface area contributed by atoms with Crippen molar-refractivity contribution in [2.45, 2.75) is 33.1 Å². The first kappa shape index (κ1) is 12.3. The summed E-state index contributed by atoms with van der Waals surface area (Å²) in [6.45, 7) is 3.31. The highest BCUT2D eigenvalue weighted by molar-refractivity contribution is 5.85. The molecule has 0 bridgehead atoms. The maximum absolute atomic E-state index is 10.6. The summed E-state index contributed by atoms with van der Waals surface area (Å²) in [5.74, 6) is 0.266. The Bertz CT molecular complexity index is 121. The lowest BCUT2D eigenvalue weighted by atomic mass is 10.1. The predicted octanol–water partition coefficient (Wildman–Crippen LogP) is 1.76.